The van der Waals surface area contributed by atoms with Crippen LogP contribution in [-0.2, 0) is 31.1 Å². The molecule has 0 saturated heterocycles. The van der Waals surface area contributed by atoms with Crippen LogP contribution in [0, 0.1) is 6.92 Å². The van der Waals surface area contributed by atoms with E-state index in [4.69, 9.17) is 10.7 Å². The Balaban J connectivity index is 0.000000194. The fraction of sp³-hybridized carbons (Fsp3) is 0.291. The Labute approximate surface area is 390 Å². The predicted molar refractivity (Wildman–Crippen MR) is 270 cm³/mol. The highest BCUT2D eigenvalue weighted by Gasteiger charge is 2.27. The third kappa shape index (κ3) is 9.61. The lowest BCUT2D eigenvalue weighted by Gasteiger charge is -2.34. The number of aryl methyl sites for hydroxylation is 5. The molecule has 0 unspecified atom stereocenters. The van der Waals surface area contributed by atoms with Crippen LogP contribution in [-0.4, -0.2) is 54.5 Å². The second-order valence-electron chi connectivity index (χ2n) is 17.2. The number of pyridine rings is 3. The first-order valence-corrected chi connectivity index (χ1v) is 22.6. The van der Waals surface area contributed by atoms with Crippen molar-refractivity contribution in [3.8, 4) is 22.4 Å². The number of amides is 1. The van der Waals surface area contributed by atoms with Crippen molar-refractivity contribution in [1.82, 2.24) is 14.5 Å². The van der Waals surface area contributed by atoms with Gasteiger partial charge in [0.25, 0.3) is 12.0 Å². The van der Waals surface area contributed by atoms with Crippen molar-refractivity contribution in [2.75, 3.05) is 37.6 Å². The number of nitrogens with two attached hydrogens (primary N) is 1. The number of hydrogen-bond donors (Lipinski definition) is 1. The standard InChI is InChI=1S/C28H32F2N4O.C26H23N3O.CH3F/c1-16(2)19-11-25-23(9-17(3)28(35)33(25)5)26(12-19)34-8-6-7-18-10-21(20(14-31)15-32-4)22(27(29)30)13-24(18)34;1-3-21-10-7-20(15-27-21)24-14-17-5-4-6-22(23(17)16-28-24)18-8-11-25-19(13-18)9-12-26(30)29(25)2;1-2/h9-16,27H,6-8,31H2,1-5H3;4-8,10-11,13-16H,3,9,12H2,1-2H3;1H3/b20-14+,32-15?;;. The van der Waals surface area contributed by atoms with E-state index in [2.05, 4.69) is 102 Å². The van der Waals surface area contributed by atoms with Gasteiger partial charge in [-0.25, -0.2) is 8.78 Å². The van der Waals surface area contributed by atoms with Crippen LogP contribution in [0.2, 0.25) is 0 Å². The maximum absolute atomic E-state index is 14.3. The summed E-state index contributed by atoms with van der Waals surface area (Å²) in [6.45, 7) is 8.83. The molecule has 9 nitrogen and oxygen atoms in total. The molecule has 12 heteroatoms. The molecular formula is C55H58F3N7O2. The average molecular weight is 906 g/mol. The van der Waals surface area contributed by atoms with Crippen LogP contribution < -0.4 is 21.1 Å². The SMILES string of the molecule is CCc1ccc(-c2cc3cccc(-c4ccc5c(c4)CCC(=O)N5C)c3cn2)cn1.CF.CN=C/C(=C\N)c1cc2c(cc1C(F)F)N(c1cc(C(C)C)cc3c1cc(C)c(=O)n3C)CCC2. The number of carbonyl (C=O) groups excluding carboxylic acids is 1. The average Bonchev–Trinajstić information content (AvgIpc) is 3.35. The van der Waals surface area contributed by atoms with Crippen LogP contribution in [0.3, 0.4) is 0 Å². The van der Waals surface area contributed by atoms with E-state index in [0.29, 0.717) is 36.8 Å². The summed E-state index contributed by atoms with van der Waals surface area (Å²) in [5, 5.41) is 3.21. The monoisotopic (exact) mass is 905 g/mol. The third-order valence-corrected chi connectivity index (χ3v) is 12.8. The summed E-state index contributed by atoms with van der Waals surface area (Å²) in [7, 11) is 5.73. The van der Waals surface area contributed by atoms with E-state index < -0.39 is 6.43 Å². The molecule has 0 radical (unpaired) electrons. The lowest BCUT2D eigenvalue weighted by molar-refractivity contribution is -0.118. The van der Waals surface area contributed by atoms with Crippen molar-refractivity contribution in [2.45, 2.75) is 72.1 Å². The molecule has 0 spiro atoms. The van der Waals surface area contributed by atoms with Crippen molar-refractivity contribution in [1.29, 1.82) is 0 Å². The fourth-order valence-electron chi connectivity index (χ4n) is 9.14. The van der Waals surface area contributed by atoms with Gasteiger partial charge >= 0.3 is 0 Å². The quantitative estimate of drug-likeness (QED) is 0.152. The Morgan fingerprint density at radius 2 is 1.60 bits per heavy atom. The second-order valence-corrected chi connectivity index (χ2v) is 17.2. The summed E-state index contributed by atoms with van der Waals surface area (Å²) in [5.41, 5.74) is 19.4. The number of allylic oxidation sites excluding steroid dienone is 1. The molecular weight excluding hydrogens is 848 g/mol. The highest BCUT2D eigenvalue weighted by Crippen LogP contribution is 2.43. The molecule has 7 aromatic rings. The molecule has 0 bridgehead atoms. The fourth-order valence-corrected chi connectivity index (χ4v) is 9.14. The van der Waals surface area contributed by atoms with Crippen molar-refractivity contribution < 1.29 is 18.0 Å². The molecule has 9 rings (SSSR count). The van der Waals surface area contributed by atoms with E-state index in [1.807, 2.05) is 38.5 Å². The number of aliphatic imine (C=N–C) groups is 1. The summed E-state index contributed by atoms with van der Waals surface area (Å²) >= 11 is 0. The Kier molecular flexibility index (Phi) is 14.7. The van der Waals surface area contributed by atoms with E-state index in [1.165, 1.54) is 18.0 Å². The van der Waals surface area contributed by atoms with E-state index in [0.717, 1.165) is 104 Å². The van der Waals surface area contributed by atoms with E-state index in [-0.39, 0.29) is 22.9 Å². The molecule has 2 aliphatic rings. The number of carbonyl (C=O) groups is 1. The molecule has 2 aliphatic heterocycles. The van der Waals surface area contributed by atoms with Crippen LogP contribution in [0.25, 0.3) is 49.6 Å². The zero-order chi connectivity index (χ0) is 48.1. The van der Waals surface area contributed by atoms with Crippen molar-refractivity contribution >= 4 is 56.4 Å². The summed E-state index contributed by atoms with van der Waals surface area (Å²) in [4.78, 5) is 41.8. The molecule has 5 heterocycles. The second kappa shape index (κ2) is 20.6. The molecule has 346 valence electrons. The number of rotatable bonds is 8. The lowest BCUT2D eigenvalue weighted by atomic mass is 9.91. The van der Waals surface area contributed by atoms with Gasteiger partial charge in [0.05, 0.1) is 24.1 Å². The number of aromatic nitrogens is 3. The van der Waals surface area contributed by atoms with Gasteiger partial charge in [0.15, 0.2) is 0 Å². The minimum Gasteiger partial charge on any atom is -0.404 e. The Morgan fingerprint density at radius 3 is 2.28 bits per heavy atom. The van der Waals surface area contributed by atoms with Gasteiger partial charge in [-0.15, -0.1) is 0 Å². The van der Waals surface area contributed by atoms with Crippen LogP contribution in [0.15, 0.2) is 113 Å². The highest BCUT2D eigenvalue weighted by molar-refractivity contribution is 6.10. The third-order valence-electron chi connectivity index (χ3n) is 12.8. The summed E-state index contributed by atoms with van der Waals surface area (Å²) in [6.07, 6.45) is 7.98. The highest BCUT2D eigenvalue weighted by atomic mass is 19.3. The molecule has 0 aliphatic carbocycles. The number of hydrogen-bond acceptors (Lipinski definition) is 7. The number of nitrogens with zero attached hydrogens (tertiary/aromatic N) is 6. The van der Waals surface area contributed by atoms with Gasteiger partial charge < -0.3 is 20.1 Å². The van der Waals surface area contributed by atoms with Crippen molar-refractivity contribution in [3.05, 3.63) is 153 Å². The lowest BCUT2D eigenvalue weighted by Crippen LogP contribution is -2.30. The predicted octanol–water partition coefficient (Wildman–Crippen LogP) is 12.0. The van der Waals surface area contributed by atoms with Gasteiger partial charge in [-0.2, -0.15) is 0 Å². The number of halogens is 3. The van der Waals surface area contributed by atoms with Crippen molar-refractivity contribution in [2.24, 2.45) is 17.8 Å². The van der Waals surface area contributed by atoms with Gasteiger partial charge in [-0.3, -0.25) is 28.9 Å². The minimum atomic E-state index is -2.67. The molecule has 67 heavy (non-hydrogen) atoms. The Hall–Kier alpha value is -7.08. The Morgan fingerprint density at radius 1 is 0.836 bits per heavy atom. The first kappa shape index (κ1) is 47.9. The van der Waals surface area contributed by atoms with Gasteiger partial charge in [-0.05, 0) is 138 Å². The molecule has 1 amide bonds. The van der Waals surface area contributed by atoms with Gasteiger partial charge in [0.2, 0.25) is 5.91 Å². The van der Waals surface area contributed by atoms with Gasteiger partial charge in [0.1, 0.15) is 0 Å². The molecule has 0 fully saturated rings. The summed E-state index contributed by atoms with van der Waals surface area (Å²) < 4.78 is 39.7. The van der Waals surface area contributed by atoms with E-state index in [1.54, 1.807) is 29.6 Å². The zero-order valence-electron chi connectivity index (χ0n) is 39.5. The molecule has 2 N–H and O–H groups in total. The zero-order valence-corrected chi connectivity index (χ0v) is 39.5. The van der Waals surface area contributed by atoms with E-state index >= 15 is 0 Å². The molecule has 3 aromatic heterocycles. The van der Waals surface area contributed by atoms with Gasteiger partial charge in [0, 0.05) is 109 Å². The largest absolute Gasteiger partial charge is 0.404 e. The number of alkyl halides is 3. The molecule has 0 saturated carbocycles. The van der Waals surface area contributed by atoms with Gasteiger partial charge in [-0.1, -0.05) is 45.0 Å². The van der Waals surface area contributed by atoms with E-state index in [9.17, 15) is 22.8 Å². The number of benzene rings is 4. The normalized spacial score (nSPS) is 13.7. The molecule has 4 aromatic carbocycles. The summed E-state index contributed by atoms with van der Waals surface area (Å²) in [5.74, 6) is 0.419. The molecule has 0 atom stereocenters. The number of anilines is 3. The Bertz CT molecular complexity index is 3090. The maximum atomic E-state index is 14.3. The maximum Gasteiger partial charge on any atom is 0.264 e. The van der Waals surface area contributed by atoms with Crippen molar-refractivity contribution in [3.63, 3.8) is 0 Å². The first-order chi connectivity index (χ1) is 32.3. The van der Waals surface area contributed by atoms with Crippen LogP contribution in [0.4, 0.5) is 30.2 Å². The summed E-state index contributed by atoms with van der Waals surface area (Å²) in [6, 6.07) is 28.6. The van der Waals surface area contributed by atoms with Crippen LogP contribution in [0.5, 0.6) is 0 Å². The van der Waals surface area contributed by atoms with Crippen LogP contribution in [0.1, 0.15) is 85.0 Å². The smallest absolute Gasteiger partial charge is 0.264 e. The van der Waals surface area contributed by atoms with Crippen LogP contribution >= 0.6 is 0 Å². The first-order valence-electron chi connectivity index (χ1n) is 22.6. The topological polar surface area (TPSA) is 110 Å². The number of fused-ring (bicyclic) bond motifs is 4. The minimum absolute atomic E-state index is 0.0354.